The van der Waals surface area contributed by atoms with Gasteiger partial charge in [0.15, 0.2) is 0 Å². The van der Waals surface area contributed by atoms with Crippen LogP contribution < -0.4 is 5.73 Å². The summed E-state index contributed by atoms with van der Waals surface area (Å²) in [6.45, 7) is 0. The van der Waals surface area contributed by atoms with Crippen LogP contribution in [0.4, 0.5) is 10.5 Å². The minimum Gasteiger partial charge on any atom is -0.594 e. The van der Waals surface area contributed by atoms with E-state index in [9.17, 15) is 10.0 Å². The van der Waals surface area contributed by atoms with E-state index in [1.807, 2.05) is 0 Å². The van der Waals surface area contributed by atoms with Gasteiger partial charge in [-0.2, -0.15) is 0 Å². The second-order valence-electron chi connectivity index (χ2n) is 2.23. The van der Waals surface area contributed by atoms with Crippen molar-refractivity contribution in [2.24, 2.45) is 10.8 Å². The van der Waals surface area contributed by atoms with Crippen molar-refractivity contribution >= 4 is 11.7 Å². The fraction of sp³-hybridized carbons (Fsp3) is 0. The zero-order chi connectivity index (χ0) is 9.84. The standard InChI is InChI=1S/C7H7N3O3/c8-7(12)9-10(13)5-1-3-6(11)4-2-5/h1-4,11H,(H2,8,12)/b10-9-. The summed E-state index contributed by atoms with van der Waals surface area (Å²) in [6, 6.07) is 4.17. The van der Waals surface area contributed by atoms with E-state index in [2.05, 4.69) is 10.8 Å². The third kappa shape index (κ3) is 2.44. The molecule has 0 saturated heterocycles. The van der Waals surface area contributed by atoms with Crippen molar-refractivity contribution in [3.8, 4) is 5.75 Å². The molecule has 2 amide bonds. The molecule has 13 heavy (non-hydrogen) atoms. The molecule has 68 valence electrons. The second-order valence-corrected chi connectivity index (χ2v) is 2.23. The second kappa shape index (κ2) is 3.53. The normalized spacial score (nSPS) is 11.2. The molecule has 0 bridgehead atoms. The summed E-state index contributed by atoms with van der Waals surface area (Å²) in [5, 5.41) is 22.7. The van der Waals surface area contributed by atoms with Crippen LogP contribution in [0.1, 0.15) is 0 Å². The largest absolute Gasteiger partial charge is 0.594 e. The Morgan fingerprint density at radius 2 is 2.00 bits per heavy atom. The number of phenols is 1. The van der Waals surface area contributed by atoms with Gasteiger partial charge in [0.25, 0.3) is 0 Å². The van der Waals surface area contributed by atoms with Crippen molar-refractivity contribution in [3.05, 3.63) is 29.5 Å². The number of hydrogen-bond acceptors (Lipinski definition) is 3. The number of azo groups is 1. The average Bonchev–Trinajstić information content (AvgIpc) is 2.04. The quantitative estimate of drug-likeness (QED) is 0.384. The van der Waals surface area contributed by atoms with Crippen molar-refractivity contribution in [3.63, 3.8) is 0 Å². The van der Waals surface area contributed by atoms with Crippen LogP contribution in [0.25, 0.3) is 0 Å². The lowest BCUT2D eigenvalue weighted by Gasteiger charge is -1.97. The predicted octanol–water partition coefficient (Wildman–Crippen LogP) is 1.06. The molecule has 0 aliphatic rings. The number of nitrogens with zero attached hydrogens (tertiary/aromatic N) is 2. The molecule has 6 nitrogen and oxygen atoms in total. The molecule has 1 aromatic carbocycles. The van der Waals surface area contributed by atoms with E-state index >= 15 is 0 Å². The molecule has 3 N–H and O–H groups in total. The van der Waals surface area contributed by atoms with Crippen LogP contribution in [0.3, 0.4) is 0 Å². The molecular weight excluding hydrogens is 174 g/mol. The number of nitrogens with two attached hydrogens (primary N) is 1. The first-order valence-corrected chi connectivity index (χ1v) is 3.37. The minimum absolute atomic E-state index is 0.0243. The molecule has 0 atom stereocenters. The van der Waals surface area contributed by atoms with E-state index in [0.29, 0.717) is 0 Å². The van der Waals surface area contributed by atoms with Gasteiger partial charge in [-0.3, -0.25) is 0 Å². The number of carbonyl (C=O) groups excluding carboxylic acids is 1. The highest BCUT2D eigenvalue weighted by Gasteiger charge is 2.04. The number of urea groups is 1. The number of carbonyl (C=O) groups is 1. The molecule has 0 aromatic heterocycles. The average molecular weight is 181 g/mol. The van der Waals surface area contributed by atoms with Crippen molar-refractivity contribution in [2.45, 2.75) is 0 Å². The van der Waals surface area contributed by atoms with Gasteiger partial charge in [-0.15, -0.1) is 0 Å². The Morgan fingerprint density at radius 3 is 2.46 bits per heavy atom. The van der Waals surface area contributed by atoms with Crippen LogP contribution in [0.2, 0.25) is 0 Å². The molecular formula is C7H7N3O3. The van der Waals surface area contributed by atoms with Crippen molar-refractivity contribution in [1.82, 2.24) is 0 Å². The molecule has 1 aromatic rings. The molecule has 0 unspecified atom stereocenters. The van der Waals surface area contributed by atoms with Gasteiger partial charge >= 0.3 is 6.03 Å². The Hall–Kier alpha value is -2.11. The fourth-order valence-corrected chi connectivity index (χ4v) is 0.727. The molecule has 6 heteroatoms. The van der Waals surface area contributed by atoms with E-state index in [1.54, 1.807) is 0 Å². The van der Waals surface area contributed by atoms with E-state index in [4.69, 9.17) is 5.11 Å². The number of aromatic hydroxyl groups is 1. The van der Waals surface area contributed by atoms with E-state index in [-0.39, 0.29) is 16.3 Å². The first-order chi connectivity index (χ1) is 6.09. The third-order valence-electron chi connectivity index (χ3n) is 1.26. The van der Waals surface area contributed by atoms with Crippen LogP contribution >= 0.6 is 0 Å². The Balaban J connectivity index is 2.96. The first-order valence-electron chi connectivity index (χ1n) is 3.37. The highest BCUT2D eigenvalue weighted by atomic mass is 16.5. The number of benzene rings is 1. The summed E-state index contributed by atoms with van der Waals surface area (Å²) in [7, 11) is 0. The van der Waals surface area contributed by atoms with Gasteiger partial charge in [-0.1, -0.05) is 0 Å². The number of hydrogen-bond donors (Lipinski definition) is 2. The van der Waals surface area contributed by atoms with Gasteiger partial charge in [0.05, 0.1) is 5.11 Å². The summed E-state index contributed by atoms with van der Waals surface area (Å²) in [5.41, 5.74) is 4.79. The van der Waals surface area contributed by atoms with Crippen LogP contribution in [0, 0.1) is 5.21 Å². The maximum absolute atomic E-state index is 10.9. The van der Waals surface area contributed by atoms with Gasteiger partial charge < -0.3 is 16.0 Å². The zero-order valence-electron chi connectivity index (χ0n) is 6.54. The summed E-state index contributed by atoms with van der Waals surface area (Å²) in [5.74, 6) is 0.0243. The molecule has 0 fully saturated rings. The number of primary amides is 1. The van der Waals surface area contributed by atoms with Gasteiger partial charge in [0.2, 0.25) is 5.69 Å². The molecule has 0 aliphatic heterocycles. The third-order valence-corrected chi connectivity index (χ3v) is 1.26. The first kappa shape index (κ1) is 8.98. The van der Waals surface area contributed by atoms with Crippen molar-refractivity contribution in [1.29, 1.82) is 0 Å². The summed E-state index contributed by atoms with van der Waals surface area (Å²) >= 11 is 0. The van der Waals surface area contributed by atoms with Crippen molar-refractivity contribution in [2.75, 3.05) is 0 Å². The maximum atomic E-state index is 10.9. The maximum Gasteiger partial charge on any atom is 0.399 e. The van der Waals surface area contributed by atoms with E-state index in [0.717, 1.165) is 0 Å². The fourth-order valence-electron chi connectivity index (χ4n) is 0.727. The zero-order valence-corrected chi connectivity index (χ0v) is 6.54. The van der Waals surface area contributed by atoms with Crippen LogP contribution in [0.15, 0.2) is 29.4 Å². The molecule has 0 saturated carbocycles. The van der Waals surface area contributed by atoms with Crippen LogP contribution in [-0.2, 0) is 0 Å². The Labute approximate surface area is 73.5 Å². The minimum atomic E-state index is -1.07. The number of rotatable bonds is 1. The lowest BCUT2D eigenvalue weighted by molar-refractivity contribution is -0.434. The Bertz CT molecular complexity index is 345. The Kier molecular flexibility index (Phi) is 2.44. The predicted molar refractivity (Wildman–Crippen MR) is 43.4 cm³/mol. The molecule has 0 radical (unpaired) electrons. The van der Waals surface area contributed by atoms with Gasteiger partial charge in [-0.25, -0.2) is 4.79 Å². The summed E-state index contributed by atoms with van der Waals surface area (Å²) in [6.07, 6.45) is 0. The molecule has 0 heterocycles. The topological polar surface area (TPSA) is 102 Å². The molecule has 1 rings (SSSR count). The number of phenolic OH excluding ortho intramolecular Hbond substituents is 1. The van der Waals surface area contributed by atoms with Gasteiger partial charge in [0.1, 0.15) is 5.75 Å². The van der Waals surface area contributed by atoms with Gasteiger partial charge in [-0.05, 0) is 17.0 Å². The SMILES string of the molecule is NC(=O)/N=[N+](\[O-])c1ccc(O)cc1. The number of amides is 2. The summed E-state index contributed by atoms with van der Waals surface area (Å²) in [4.78, 5) is 10.3. The van der Waals surface area contributed by atoms with Crippen LogP contribution in [0.5, 0.6) is 5.75 Å². The summed E-state index contributed by atoms with van der Waals surface area (Å²) < 4.78 is 0. The van der Waals surface area contributed by atoms with Crippen LogP contribution in [-0.4, -0.2) is 16.0 Å². The monoisotopic (exact) mass is 181 g/mol. The highest BCUT2D eigenvalue weighted by molar-refractivity contribution is 5.71. The molecule has 0 aliphatic carbocycles. The Morgan fingerprint density at radius 1 is 1.46 bits per heavy atom. The lowest BCUT2D eigenvalue weighted by atomic mass is 10.3. The van der Waals surface area contributed by atoms with Crippen molar-refractivity contribution < 1.29 is 14.8 Å². The van der Waals surface area contributed by atoms with E-state index < -0.39 is 6.03 Å². The smallest absolute Gasteiger partial charge is 0.399 e. The highest BCUT2D eigenvalue weighted by Crippen LogP contribution is 2.16. The van der Waals surface area contributed by atoms with E-state index in [1.165, 1.54) is 24.3 Å². The lowest BCUT2D eigenvalue weighted by Crippen LogP contribution is -2.07. The van der Waals surface area contributed by atoms with Gasteiger partial charge in [0, 0.05) is 12.1 Å². The molecule has 0 spiro atoms.